The molecule has 0 bridgehead atoms. The van der Waals surface area contributed by atoms with Gasteiger partial charge >= 0.3 is 0 Å². The molecule has 3 rings (SSSR count). The number of nitriles is 1. The standard InChI is InChI=1S/C14H22N2O/c15-11-14(16-6-8-17-9-7-16)5-1-2-13(10-14)12-3-4-12/h12-13H,1-10H2. The summed E-state index contributed by atoms with van der Waals surface area (Å²) < 4.78 is 5.42. The van der Waals surface area contributed by atoms with Gasteiger partial charge < -0.3 is 4.74 Å². The Kier molecular flexibility index (Phi) is 3.10. The van der Waals surface area contributed by atoms with E-state index >= 15 is 0 Å². The fourth-order valence-corrected chi connectivity index (χ4v) is 3.72. The summed E-state index contributed by atoms with van der Waals surface area (Å²) >= 11 is 0. The Bertz CT molecular complexity index is 315. The Hall–Kier alpha value is -0.590. The van der Waals surface area contributed by atoms with Gasteiger partial charge in [0.05, 0.1) is 19.3 Å². The van der Waals surface area contributed by atoms with Crippen molar-refractivity contribution in [3.05, 3.63) is 0 Å². The summed E-state index contributed by atoms with van der Waals surface area (Å²) in [7, 11) is 0. The Morgan fingerprint density at radius 2 is 1.88 bits per heavy atom. The fourth-order valence-electron chi connectivity index (χ4n) is 3.72. The van der Waals surface area contributed by atoms with Crippen molar-refractivity contribution in [3.8, 4) is 6.07 Å². The summed E-state index contributed by atoms with van der Waals surface area (Å²) in [6.45, 7) is 3.50. The molecular formula is C14H22N2O. The first-order valence-corrected chi connectivity index (χ1v) is 7.08. The van der Waals surface area contributed by atoms with E-state index in [1.54, 1.807) is 0 Å². The molecule has 3 heteroatoms. The van der Waals surface area contributed by atoms with E-state index in [0.29, 0.717) is 0 Å². The quantitative estimate of drug-likeness (QED) is 0.734. The van der Waals surface area contributed by atoms with Crippen LogP contribution in [0.4, 0.5) is 0 Å². The molecule has 2 aliphatic carbocycles. The summed E-state index contributed by atoms with van der Waals surface area (Å²) in [5, 5.41) is 9.68. The molecule has 0 aromatic carbocycles. The lowest BCUT2D eigenvalue weighted by Crippen LogP contribution is -2.55. The van der Waals surface area contributed by atoms with E-state index < -0.39 is 0 Å². The molecule has 0 spiro atoms. The zero-order chi connectivity index (χ0) is 11.7. The first-order valence-electron chi connectivity index (χ1n) is 7.08. The van der Waals surface area contributed by atoms with E-state index in [1.165, 1.54) is 25.7 Å². The molecule has 0 aromatic rings. The second-order valence-corrected chi connectivity index (χ2v) is 5.94. The van der Waals surface area contributed by atoms with Crippen molar-refractivity contribution in [2.75, 3.05) is 26.3 Å². The molecule has 0 amide bonds. The van der Waals surface area contributed by atoms with Crippen molar-refractivity contribution < 1.29 is 4.74 Å². The Morgan fingerprint density at radius 3 is 2.53 bits per heavy atom. The van der Waals surface area contributed by atoms with Crippen LogP contribution in [-0.4, -0.2) is 36.7 Å². The molecule has 94 valence electrons. The molecule has 2 unspecified atom stereocenters. The van der Waals surface area contributed by atoms with Gasteiger partial charge in [-0.25, -0.2) is 0 Å². The Labute approximate surface area is 104 Å². The summed E-state index contributed by atoms with van der Waals surface area (Å²) in [4.78, 5) is 2.41. The van der Waals surface area contributed by atoms with Gasteiger partial charge in [-0.15, -0.1) is 0 Å². The van der Waals surface area contributed by atoms with Crippen LogP contribution in [0.1, 0.15) is 38.5 Å². The SMILES string of the molecule is N#CC1(N2CCOCC2)CCCC(C2CC2)C1. The molecule has 1 saturated heterocycles. The maximum atomic E-state index is 9.68. The average Bonchev–Trinajstić information content (AvgIpc) is 3.24. The minimum Gasteiger partial charge on any atom is -0.379 e. The second kappa shape index (κ2) is 4.59. The average molecular weight is 234 g/mol. The number of hydrogen-bond donors (Lipinski definition) is 0. The number of morpholine rings is 1. The zero-order valence-corrected chi connectivity index (χ0v) is 10.5. The topological polar surface area (TPSA) is 36.3 Å². The minimum absolute atomic E-state index is 0.157. The van der Waals surface area contributed by atoms with E-state index in [2.05, 4.69) is 11.0 Å². The third-order valence-electron chi connectivity index (χ3n) is 4.88. The molecule has 2 saturated carbocycles. The van der Waals surface area contributed by atoms with Gasteiger partial charge in [-0.05, 0) is 43.9 Å². The minimum atomic E-state index is -0.157. The van der Waals surface area contributed by atoms with Crippen LogP contribution in [0.5, 0.6) is 0 Å². The number of hydrogen-bond acceptors (Lipinski definition) is 3. The van der Waals surface area contributed by atoms with Crippen LogP contribution in [-0.2, 0) is 4.74 Å². The summed E-state index contributed by atoms with van der Waals surface area (Å²) in [6, 6.07) is 2.67. The summed E-state index contributed by atoms with van der Waals surface area (Å²) in [6.07, 6.45) is 7.62. The van der Waals surface area contributed by atoms with E-state index in [0.717, 1.165) is 51.0 Å². The van der Waals surface area contributed by atoms with Gasteiger partial charge in [0.1, 0.15) is 5.54 Å². The molecule has 0 N–H and O–H groups in total. The van der Waals surface area contributed by atoms with Crippen molar-refractivity contribution in [1.82, 2.24) is 4.90 Å². The molecule has 3 fully saturated rings. The van der Waals surface area contributed by atoms with Gasteiger partial charge in [-0.2, -0.15) is 5.26 Å². The maximum Gasteiger partial charge on any atom is 0.109 e. The van der Waals surface area contributed by atoms with Crippen LogP contribution in [0.2, 0.25) is 0 Å². The van der Waals surface area contributed by atoms with Crippen LogP contribution in [0.25, 0.3) is 0 Å². The van der Waals surface area contributed by atoms with E-state index in [1.807, 2.05) is 0 Å². The van der Waals surface area contributed by atoms with E-state index in [4.69, 9.17) is 4.74 Å². The van der Waals surface area contributed by atoms with Gasteiger partial charge in [0.25, 0.3) is 0 Å². The Balaban J connectivity index is 1.73. The third kappa shape index (κ3) is 2.21. The predicted octanol–water partition coefficient (Wildman–Crippen LogP) is 2.18. The van der Waals surface area contributed by atoms with Gasteiger partial charge in [-0.1, -0.05) is 6.42 Å². The summed E-state index contributed by atoms with van der Waals surface area (Å²) in [5.74, 6) is 1.77. The largest absolute Gasteiger partial charge is 0.379 e. The normalized spacial score (nSPS) is 39.8. The van der Waals surface area contributed by atoms with Crippen molar-refractivity contribution in [2.45, 2.75) is 44.1 Å². The van der Waals surface area contributed by atoms with Gasteiger partial charge in [0, 0.05) is 13.1 Å². The third-order valence-corrected chi connectivity index (χ3v) is 4.88. The first-order chi connectivity index (χ1) is 8.34. The smallest absolute Gasteiger partial charge is 0.109 e. The first kappa shape index (κ1) is 11.5. The van der Waals surface area contributed by atoms with Crippen LogP contribution < -0.4 is 0 Å². The molecule has 2 atom stereocenters. The fraction of sp³-hybridized carbons (Fsp3) is 0.929. The van der Waals surface area contributed by atoms with Gasteiger partial charge in [0.2, 0.25) is 0 Å². The number of ether oxygens (including phenoxy) is 1. The number of rotatable bonds is 2. The zero-order valence-electron chi connectivity index (χ0n) is 10.5. The Morgan fingerprint density at radius 1 is 1.12 bits per heavy atom. The van der Waals surface area contributed by atoms with E-state index in [9.17, 15) is 5.26 Å². The molecule has 3 aliphatic rings. The van der Waals surface area contributed by atoms with Crippen LogP contribution >= 0.6 is 0 Å². The molecule has 0 radical (unpaired) electrons. The van der Waals surface area contributed by atoms with Crippen LogP contribution in [0.3, 0.4) is 0 Å². The van der Waals surface area contributed by atoms with Crippen LogP contribution in [0.15, 0.2) is 0 Å². The lowest BCUT2D eigenvalue weighted by Gasteiger charge is -2.45. The maximum absolute atomic E-state index is 9.68. The molecule has 1 aliphatic heterocycles. The van der Waals surface area contributed by atoms with E-state index in [-0.39, 0.29) is 5.54 Å². The van der Waals surface area contributed by atoms with Crippen LogP contribution in [0, 0.1) is 23.2 Å². The molecule has 0 aromatic heterocycles. The van der Waals surface area contributed by atoms with Gasteiger partial charge in [-0.3, -0.25) is 4.90 Å². The summed E-state index contributed by atoms with van der Waals surface area (Å²) in [5.41, 5.74) is -0.157. The lowest BCUT2D eigenvalue weighted by molar-refractivity contribution is -0.0240. The van der Waals surface area contributed by atoms with Crippen molar-refractivity contribution in [1.29, 1.82) is 5.26 Å². The highest BCUT2D eigenvalue weighted by Crippen LogP contribution is 2.48. The highest BCUT2D eigenvalue weighted by Gasteiger charge is 2.45. The number of nitrogens with zero attached hydrogens (tertiary/aromatic N) is 2. The lowest BCUT2D eigenvalue weighted by atomic mass is 9.73. The highest BCUT2D eigenvalue weighted by atomic mass is 16.5. The van der Waals surface area contributed by atoms with Crippen molar-refractivity contribution in [3.63, 3.8) is 0 Å². The monoisotopic (exact) mass is 234 g/mol. The molecule has 1 heterocycles. The molecular weight excluding hydrogens is 212 g/mol. The second-order valence-electron chi connectivity index (χ2n) is 5.94. The van der Waals surface area contributed by atoms with Crippen molar-refractivity contribution >= 4 is 0 Å². The predicted molar refractivity (Wildman–Crippen MR) is 65.4 cm³/mol. The highest BCUT2D eigenvalue weighted by molar-refractivity contribution is 5.12. The molecule has 17 heavy (non-hydrogen) atoms. The van der Waals surface area contributed by atoms with Crippen molar-refractivity contribution in [2.24, 2.45) is 11.8 Å². The van der Waals surface area contributed by atoms with Gasteiger partial charge in [0.15, 0.2) is 0 Å². The molecule has 3 nitrogen and oxygen atoms in total.